The summed E-state index contributed by atoms with van der Waals surface area (Å²) in [4.78, 5) is 16.6. The van der Waals surface area contributed by atoms with E-state index in [0.29, 0.717) is 13.0 Å². The Bertz CT molecular complexity index is 1140. The molecule has 5 rings (SSSR count). The van der Waals surface area contributed by atoms with E-state index in [1.54, 1.807) is 18.3 Å². The van der Waals surface area contributed by atoms with E-state index in [0.717, 1.165) is 27.9 Å². The Morgan fingerprint density at radius 2 is 1.87 bits per heavy atom. The van der Waals surface area contributed by atoms with Crippen molar-refractivity contribution in [3.05, 3.63) is 95.3 Å². The molecule has 0 amide bonds. The summed E-state index contributed by atoms with van der Waals surface area (Å²) in [5.74, 6) is -1.03. The predicted molar refractivity (Wildman–Crippen MR) is 109 cm³/mol. The summed E-state index contributed by atoms with van der Waals surface area (Å²) >= 11 is 0. The second-order valence-electron chi connectivity index (χ2n) is 7.81. The largest absolute Gasteiger partial charge is 0.465 e. The maximum Gasteiger partial charge on any atom is 0.309 e. The normalized spacial score (nSPS) is 22.6. The summed E-state index contributed by atoms with van der Waals surface area (Å²) in [6.45, 7) is 0.376. The van der Waals surface area contributed by atoms with Crippen LogP contribution in [0.25, 0.3) is 17.2 Å². The molecule has 1 aromatic heterocycles. The van der Waals surface area contributed by atoms with Crippen molar-refractivity contribution >= 4 is 12.0 Å². The minimum Gasteiger partial charge on any atom is -0.465 e. The van der Waals surface area contributed by atoms with Crippen molar-refractivity contribution in [1.29, 1.82) is 0 Å². The van der Waals surface area contributed by atoms with Gasteiger partial charge in [0.05, 0.1) is 18.2 Å². The fraction of sp³-hybridized carbons (Fsp3) is 0.200. The maximum atomic E-state index is 13.7. The lowest BCUT2D eigenvalue weighted by molar-refractivity contribution is -0.141. The van der Waals surface area contributed by atoms with Crippen LogP contribution in [0.5, 0.6) is 0 Å². The van der Waals surface area contributed by atoms with Crippen molar-refractivity contribution in [2.75, 3.05) is 6.61 Å². The molecule has 0 unspecified atom stereocenters. The van der Waals surface area contributed by atoms with Gasteiger partial charge in [0.15, 0.2) is 0 Å². The Morgan fingerprint density at radius 3 is 2.67 bits per heavy atom. The molecule has 1 aliphatic heterocycles. The smallest absolute Gasteiger partial charge is 0.309 e. The summed E-state index contributed by atoms with van der Waals surface area (Å²) in [7, 11) is 0. The first-order chi connectivity index (χ1) is 14.6. The van der Waals surface area contributed by atoms with E-state index in [9.17, 15) is 13.6 Å². The lowest BCUT2D eigenvalue weighted by Crippen LogP contribution is -2.29. The Hall–Kier alpha value is -3.34. The second-order valence-corrected chi connectivity index (χ2v) is 7.81. The van der Waals surface area contributed by atoms with Gasteiger partial charge in [-0.3, -0.25) is 9.78 Å². The number of esters is 1. The minimum atomic E-state index is -0.295. The summed E-state index contributed by atoms with van der Waals surface area (Å²) in [5, 5.41) is 0. The van der Waals surface area contributed by atoms with Crippen LogP contribution in [0.4, 0.5) is 8.78 Å². The van der Waals surface area contributed by atoms with Crippen LogP contribution in [0.1, 0.15) is 22.7 Å². The molecule has 5 heteroatoms. The number of carbonyl (C=O) groups excluding carboxylic acids is 1. The number of rotatable bonds is 3. The highest BCUT2D eigenvalue weighted by atomic mass is 19.1. The number of nitrogens with zero attached hydrogens (tertiary/aromatic N) is 1. The molecule has 1 aliphatic carbocycles. The van der Waals surface area contributed by atoms with Gasteiger partial charge in [-0.1, -0.05) is 30.3 Å². The molecule has 1 fully saturated rings. The van der Waals surface area contributed by atoms with Crippen molar-refractivity contribution in [3.63, 3.8) is 0 Å². The van der Waals surface area contributed by atoms with Gasteiger partial charge in [-0.2, -0.15) is 0 Å². The minimum absolute atomic E-state index is 0.0401. The molecule has 2 aliphatic rings. The molecule has 3 nitrogen and oxygen atoms in total. The van der Waals surface area contributed by atoms with Crippen molar-refractivity contribution in [2.45, 2.75) is 12.3 Å². The van der Waals surface area contributed by atoms with Crippen molar-refractivity contribution < 1.29 is 18.3 Å². The van der Waals surface area contributed by atoms with Gasteiger partial charge in [-0.15, -0.1) is 0 Å². The third-order valence-electron chi connectivity index (χ3n) is 6.02. The van der Waals surface area contributed by atoms with Gasteiger partial charge in [0.2, 0.25) is 0 Å². The van der Waals surface area contributed by atoms with Gasteiger partial charge in [0, 0.05) is 23.6 Å². The molecule has 0 radical (unpaired) electrons. The summed E-state index contributed by atoms with van der Waals surface area (Å²) in [6.07, 6.45) is 6.17. The number of pyridine rings is 1. The average Bonchev–Trinajstić information content (AvgIpc) is 3.12. The zero-order chi connectivity index (χ0) is 20.7. The number of benzene rings is 2. The zero-order valence-electron chi connectivity index (χ0n) is 16.1. The van der Waals surface area contributed by atoms with Gasteiger partial charge in [0.25, 0.3) is 0 Å². The number of aromatic nitrogens is 1. The van der Waals surface area contributed by atoms with Crippen LogP contribution < -0.4 is 0 Å². The van der Waals surface area contributed by atoms with E-state index < -0.39 is 0 Å². The fourth-order valence-electron chi connectivity index (χ4n) is 4.50. The molecule has 0 saturated carbocycles. The van der Waals surface area contributed by atoms with E-state index in [-0.39, 0.29) is 35.4 Å². The van der Waals surface area contributed by atoms with Crippen LogP contribution in [0.2, 0.25) is 0 Å². The quantitative estimate of drug-likeness (QED) is 0.567. The Kier molecular flexibility index (Phi) is 4.66. The third kappa shape index (κ3) is 3.41. The SMILES string of the molecule is O=C1OC[C@H]2[C@@H]1Cc1cc(F)ccc1[C@@H]2/C=C/c1ccc(-c2cccc(F)c2)cn1. The highest BCUT2D eigenvalue weighted by Crippen LogP contribution is 2.44. The van der Waals surface area contributed by atoms with Gasteiger partial charge < -0.3 is 4.74 Å². The third-order valence-corrected chi connectivity index (χ3v) is 6.02. The van der Waals surface area contributed by atoms with Crippen molar-refractivity contribution in [3.8, 4) is 11.1 Å². The number of fused-ring (bicyclic) bond motifs is 2. The molecule has 2 heterocycles. The molecule has 3 aromatic rings. The van der Waals surface area contributed by atoms with Crippen LogP contribution in [-0.2, 0) is 16.0 Å². The zero-order valence-corrected chi connectivity index (χ0v) is 16.1. The Labute approximate surface area is 173 Å². The van der Waals surface area contributed by atoms with Gasteiger partial charge in [0.1, 0.15) is 11.6 Å². The number of carbonyl (C=O) groups is 1. The fourth-order valence-corrected chi connectivity index (χ4v) is 4.50. The Balaban J connectivity index is 1.43. The first-order valence-electron chi connectivity index (χ1n) is 9.93. The first kappa shape index (κ1) is 18.7. The summed E-state index contributed by atoms with van der Waals surface area (Å²) in [6, 6.07) is 14.9. The Morgan fingerprint density at radius 1 is 1.00 bits per heavy atom. The van der Waals surface area contributed by atoms with Crippen LogP contribution in [0, 0.1) is 23.5 Å². The molecule has 0 spiro atoms. The highest BCUT2D eigenvalue weighted by molar-refractivity contribution is 5.76. The van der Waals surface area contributed by atoms with Crippen LogP contribution >= 0.6 is 0 Å². The molecule has 0 bridgehead atoms. The lowest BCUT2D eigenvalue weighted by atomic mass is 9.70. The van der Waals surface area contributed by atoms with E-state index in [1.807, 2.05) is 30.4 Å². The standard InChI is InChI=1S/C25H19F2NO2/c26-18-3-1-2-15(10-18)16-4-6-20(28-13-16)7-9-22-21-8-5-19(27)11-17(21)12-23-24(22)14-30-25(23)29/h1-11,13,22-24H,12,14H2/b9-7+/t22-,23-,24+/m0/s1. The predicted octanol–water partition coefficient (Wildman–Crippen LogP) is 5.17. The van der Waals surface area contributed by atoms with Gasteiger partial charge in [-0.25, -0.2) is 8.78 Å². The lowest BCUT2D eigenvalue weighted by Gasteiger charge is -2.31. The van der Waals surface area contributed by atoms with E-state index >= 15 is 0 Å². The molecule has 1 saturated heterocycles. The van der Waals surface area contributed by atoms with E-state index in [1.165, 1.54) is 24.3 Å². The van der Waals surface area contributed by atoms with E-state index in [4.69, 9.17) is 4.74 Å². The molecule has 150 valence electrons. The van der Waals surface area contributed by atoms with Crippen molar-refractivity contribution in [2.24, 2.45) is 11.8 Å². The molecular weight excluding hydrogens is 384 g/mol. The van der Waals surface area contributed by atoms with Crippen molar-refractivity contribution in [1.82, 2.24) is 4.98 Å². The van der Waals surface area contributed by atoms with Gasteiger partial charge >= 0.3 is 5.97 Å². The number of halogens is 2. The average molecular weight is 403 g/mol. The van der Waals surface area contributed by atoms with Gasteiger partial charge in [-0.05, 0) is 59.5 Å². The second kappa shape index (κ2) is 7.48. The first-order valence-corrected chi connectivity index (χ1v) is 9.93. The molecular formula is C25H19F2NO2. The summed E-state index contributed by atoms with van der Waals surface area (Å²) < 4.78 is 32.5. The number of hydrogen-bond acceptors (Lipinski definition) is 3. The van der Waals surface area contributed by atoms with Crippen LogP contribution in [0.15, 0.2) is 66.9 Å². The van der Waals surface area contributed by atoms with Crippen LogP contribution in [0.3, 0.4) is 0 Å². The molecule has 0 N–H and O–H groups in total. The maximum absolute atomic E-state index is 13.7. The van der Waals surface area contributed by atoms with Crippen LogP contribution in [-0.4, -0.2) is 17.6 Å². The number of allylic oxidation sites excluding steroid dienone is 1. The number of ether oxygens (including phenoxy) is 1. The monoisotopic (exact) mass is 403 g/mol. The highest BCUT2D eigenvalue weighted by Gasteiger charge is 2.45. The summed E-state index contributed by atoms with van der Waals surface area (Å²) in [5.41, 5.74) is 4.25. The molecule has 2 aromatic carbocycles. The number of cyclic esters (lactones) is 1. The molecule has 30 heavy (non-hydrogen) atoms. The van der Waals surface area contributed by atoms with E-state index in [2.05, 4.69) is 4.98 Å². The molecule has 3 atom stereocenters. The topological polar surface area (TPSA) is 39.2 Å². The number of hydrogen-bond donors (Lipinski definition) is 0.